The van der Waals surface area contributed by atoms with E-state index in [1.807, 2.05) is 68.3 Å². The number of piperazine rings is 1. The van der Waals surface area contributed by atoms with E-state index in [4.69, 9.17) is 19.9 Å². The van der Waals surface area contributed by atoms with Crippen molar-refractivity contribution in [3.63, 3.8) is 0 Å². The Morgan fingerprint density at radius 2 is 1.50 bits per heavy atom. The Hall–Kier alpha value is -3.00. The third-order valence-electron chi connectivity index (χ3n) is 4.78. The molecule has 1 aliphatic heterocycles. The van der Waals surface area contributed by atoms with Crippen LogP contribution in [0.3, 0.4) is 0 Å². The van der Waals surface area contributed by atoms with Crippen LogP contribution in [-0.4, -0.2) is 74.3 Å². The summed E-state index contributed by atoms with van der Waals surface area (Å²) < 4.78 is 0. The molecular formula is C20H26N8. The molecule has 8 nitrogen and oxygen atoms in total. The molecule has 0 saturated carbocycles. The number of nitrogens with one attached hydrogen (secondary N) is 1. The molecule has 0 radical (unpaired) electrons. The maximum atomic E-state index is 4.97. The van der Waals surface area contributed by atoms with Gasteiger partial charge in [0.25, 0.3) is 0 Å². The number of nitrogens with zero attached hydrogens (tertiary/aromatic N) is 7. The number of hydrogen-bond donors (Lipinski definition) is 1. The van der Waals surface area contributed by atoms with E-state index in [1.54, 1.807) is 0 Å². The molecule has 1 aliphatic rings. The smallest absolute Gasteiger partial charge is 0.229 e. The van der Waals surface area contributed by atoms with Gasteiger partial charge in [-0.15, -0.1) is 0 Å². The second kappa shape index (κ2) is 7.55. The molecule has 0 atom stereocenters. The fraction of sp³-hybridized carbons (Fsp3) is 0.400. The first kappa shape index (κ1) is 18.4. The van der Waals surface area contributed by atoms with E-state index in [-0.39, 0.29) is 0 Å². The van der Waals surface area contributed by atoms with Crippen molar-refractivity contribution in [2.75, 3.05) is 69.1 Å². The molecule has 2 aromatic heterocycles. The highest BCUT2D eigenvalue weighted by Gasteiger charge is 2.21. The molecule has 0 amide bonds. The molecule has 1 aromatic carbocycles. The lowest BCUT2D eigenvalue weighted by Crippen LogP contribution is -2.44. The number of hydrogen-bond acceptors (Lipinski definition) is 8. The topological polar surface area (TPSA) is 73.3 Å². The predicted octanol–water partition coefficient (Wildman–Crippen LogP) is 1.63. The zero-order chi connectivity index (χ0) is 19.7. The zero-order valence-electron chi connectivity index (χ0n) is 16.8. The number of aromatic nitrogens is 4. The van der Waals surface area contributed by atoms with Gasteiger partial charge in [0.2, 0.25) is 5.95 Å². The second-order valence-electron chi connectivity index (χ2n) is 7.31. The standard InChI is InChI=1S/C20H26N8/c1-26(2)18-15(14-8-6-5-7-9-14)22-16-17(23-18)24-20(25-19(16)27(3)4)28-12-10-21-11-13-28/h5-9,21H,10-13H2,1-4H3. The Kier molecular flexibility index (Phi) is 4.95. The summed E-state index contributed by atoms with van der Waals surface area (Å²) in [6.07, 6.45) is 0. The lowest BCUT2D eigenvalue weighted by atomic mass is 10.1. The molecule has 1 saturated heterocycles. The largest absolute Gasteiger partial charge is 0.361 e. The van der Waals surface area contributed by atoms with E-state index in [0.717, 1.165) is 49.1 Å². The first-order valence-electron chi connectivity index (χ1n) is 9.50. The predicted molar refractivity (Wildman–Crippen MR) is 114 cm³/mol. The van der Waals surface area contributed by atoms with Crippen LogP contribution >= 0.6 is 0 Å². The average Bonchev–Trinajstić information content (AvgIpc) is 2.73. The van der Waals surface area contributed by atoms with Crippen molar-refractivity contribution in [2.45, 2.75) is 0 Å². The van der Waals surface area contributed by atoms with Crippen molar-refractivity contribution in [3.8, 4) is 11.3 Å². The number of anilines is 3. The van der Waals surface area contributed by atoms with Gasteiger partial charge in [-0.2, -0.15) is 9.97 Å². The summed E-state index contributed by atoms with van der Waals surface area (Å²) in [5.74, 6) is 2.30. The summed E-state index contributed by atoms with van der Waals surface area (Å²) in [6.45, 7) is 3.63. The molecular weight excluding hydrogens is 352 g/mol. The van der Waals surface area contributed by atoms with Crippen molar-refractivity contribution >= 4 is 28.7 Å². The van der Waals surface area contributed by atoms with Gasteiger partial charge in [0.05, 0.1) is 0 Å². The van der Waals surface area contributed by atoms with Crippen molar-refractivity contribution in [3.05, 3.63) is 30.3 Å². The van der Waals surface area contributed by atoms with Crippen LogP contribution in [-0.2, 0) is 0 Å². The molecule has 3 heterocycles. The molecule has 0 bridgehead atoms. The van der Waals surface area contributed by atoms with Crippen molar-refractivity contribution < 1.29 is 0 Å². The van der Waals surface area contributed by atoms with Gasteiger partial charge in [-0.25, -0.2) is 9.97 Å². The first-order chi connectivity index (χ1) is 13.5. The molecule has 1 fully saturated rings. The second-order valence-corrected chi connectivity index (χ2v) is 7.31. The van der Waals surface area contributed by atoms with Crippen LogP contribution in [0.15, 0.2) is 30.3 Å². The molecule has 0 spiro atoms. The summed E-state index contributed by atoms with van der Waals surface area (Å²) in [4.78, 5) is 25.6. The monoisotopic (exact) mass is 378 g/mol. The number of benzene rings is 1. The minimum absolute atomic E-state index is 0.621. The number of fused-ring (bicyclic) bond motifs is 1. The van der Waals surface area contributed by atoms with E-state index >= 15 is 0 Å². The van der Waals surface area contributed by atoms with Crippen LogP contribution in [0.2, 0.25) is 0 Å². The van der Waals surface area contributed by atoms with Crippen molar-refractivity contribution in [1.29, 1.82) is 0 Å². The van der Waals surface area contributed by atoms with Gasteiger partial charge in [-0.3, -0.25) is 0 Å². The van der Waals surface area contributed by atoms with Crippen molar-refractivity contribution in [1.82, 2.24) is 25.3 Å². The van der Waals surface area contributed by atoms with Gasteiger partial charge in [-0.05, 0) is 0 Å². The summed E-state index contributed by atoms with van der Waals surface area (Å²) >= 11 is 0. The Bertz CT molecular complexity index is 965. The van der Waals surface area contributed by atoms with Gasteiger partial charge < -0.3 is 20.0 Å². The fourth-order valence-electron chi connectivity index (χ4n) is 3.33. The van der Waals surface area contributed by atoms with Gasteiger partial charge >= 0.3 is 0 Å². The summed E-state index contributed by atoms with van der Waals surface area (Å²) in [6, 6.07) is 10.1. The highest BCUT2D eigenvalue weighted by atomic mass is 15.3. The van der Waals surface area contributed by atoms with Gasteiger partial charge in [0.15, 0.2) is 22.8 Å². The SMILES string of the molecule is CN(C)c1nc2nc(N3CCNCC3)nc(N(C)C)c2nc1-c1ccccc1. The van der Waals surface area contributed by atoms with Gasteiger partial charge in [-0.1, -0.05) is 30.3 Å². The summed E-state index contributed by atoms with van der Waals surface area (Å²) in [7, 11) is 7.92. The first-order valence-corrected chi connectivity index (χ1v) is 9.50. The van der Waals surface area contributed by atoms with Crippen LogP contribution in [0.5, 0.6) is 0 Å². The van der Waals surface area contributed by atoms with E-state index in [2.05, 4.69) is 10.2 Å². The van der Waals surface area contributed by atoms with Gasteiger partial charge in [0, 0.05) is 59.9 Å². The molecule has 1 N–H and O–H groups in total. The third-order valence-corrected chi connectivity index (χ3v) is 4.78. The van der Waals surface area contributed by atoms with E-state index in [0.29, 0.717) is 17.1 Å². The van der Waals surface area contributed by atoms with Crippen LogP contribution < -0.4 is 20.0 Å². The summed E-state index contributed by atoms with van der Waals surface area (Å²) in [5.41, 5.74) is 3.19. The normalized spacial score (nSPS) is 14.4. The Labute approximate surface area is 165 Å². The Morgan fingerprint density at radius 1 is 0.821 bits per heavy atom. The maximum Gasteiger partial charge on any atom is 0.229 e. The van der Waals surface area contributed by atoms with Crippen LogP contribution in [0.25, 0.3) is 22.4 Å². The molecule has 4 rings (SSSR count). The average molecular weight is 378 g/mol. The van der Waals surface area contributed by atoms with Crippen molar-refractivity contribution in [2.24, 2.45) is 0 Å². The fourth-order valence-corrected chi connectivity index (χ4v) is 3.33. The number of rotatable bonds is 4. The molecule has 146 valence electrons. The lowest BCUT2D eigenvalue weighted by Gasteiger charge is -2.28. The Balaban J connectivity index is 1.94. The highest BCUT2D eigenvalue weighted by Crippen LogP contribution is 2.31. The minimum atomic E-state index is 0.621. The molecule has 28 heavy (non-hydrogen) atoms. The molecule has 0 unspecified atom stereocenters. The Morgan fingerprint density at radius 3 is 2.14 bits per heavy atom. The maximum absolute atomic E-state index is 4.97. The van der Waals surface area contributed by atoms with Crippen LogP contribution in [0.1, 0.15) is 0 Å². The van der Waals surface area contributed by atoms with Crippen LogP contribution in [0, 0.1) is 0 Å². The molecule has 3 aromatic rings. The van der Waals surface area contributed by atoms with E-state index in [1.165, 1.54) is 0 Å². The quantitative estimate of drug-likeness (QED) is 0.734. The summed E-state index contributed by atoms with van der Waals surface area (Å²) in [5, 5.41) is 3.37. The van der Waals surface area contributed by atoms with Gasteiger partial charge in [0.1, 0.15) is 5.69 Å². The minimum Gasteiger partial charge on any atom is -0.361 e. The van der Waals surface area contributed by atoms with Crippen LogP contribution in [0.4, 0.5) is 17.6 Å². The third kappa shape index (κ3) is 3.43. The van der Waals surface area contributed by atoms with E-state index in [9.17, 15) is 0 Å². The van der Waals surface area contributed by atoms with E-state index < -0.39 is 0 Å². The zero-order valence-corrected chi connectivity index (χ0v) is 16.8. The highest BCUT2D eigenvalue weighted by molar-refractivity contribution is 5.89. The lowest BCUT2D eigenvalue weighted by molar-refractivity contribution is 0.580. The molecule has 8 heteroatoms. The molecule has 0 aliphatic carbocycles.